The van der Waals surface area contributed by atoms with Crippen LogP contribution >= 0.6 is 0 Å². The zero-order valence-electron chi connectivity index (χ0n) is 15.9. The van der Waals surface area contributed by atoms with E-state index < -0.39 is 0 Å². The van der Waals surface area contributed by atoms with Crippen LogP contribution in [0, 0.1) is 0 Å². The molecule has 2 heterocycles. The molecule has 0 unspecified atom stereocenters. The fourth-order valence-electron chi connectivity index (χ4n) is 3.01. The number of amides is 1. The van der Waals surface area contributed by atoms with E-state index in [2.05, 4.69) is 10.5 Å². The molecule has 4 aromatic rings. The lowest BCUT2D eigenvalue weighted by Gasteiger charge is -2.09. The van der Waals surface area contributed by atoms with Gasteiger partial charge < -0.3 is 4.42 Å². The Balaban J connectivity index is 1.62. The molecule has 0 atom stereocenters. The van der Waals surface area contributed by atoms with Crippen molar-refractivity contribution in [1.82, 2.24) is 10.4 Å². The van der Waals surface area contributed by atoms with Gasteiger partial charge in [0.05, 0.1) is 29.3 Å². The van der Waals surface area contributed by atoms with Gasteiger partial charge in [0.2, 0.25) is 0 Å². The molecular weight excluding hydrogens is 362 g/mol. The third-order valence-electron chi connectivity index (χ3n) is 4.38. The Hall–Kier alpha value is -3.99. The van der Waals surface area contributed by atoms with Crippen LogP contribution in [0.3, 0.4) is 0 Å². The normalized spacial score (nSPS) is 11.8. The predicted molar refractivity (Wildman–Crippen MR) is 115 cm³/mol. The zero-order valence-corrected chi connectivity index (χ0v) is 15.9. The average Bonchev–Trinajstić information content (AvgIpc) is 3.26. The number of nitrogens with one attached hydrogen (secondary N) is 1. The Kier molecular flexibility index (Phi) is 5.29. The molecule has 1 amide bonds. The quantitative estimate of drug-likeness (QED) is 0.376. The Morgan fingerprint density at radius 1 is 1.03 bits per heavy atom. The van der Waals surface area contributed by atoms with Gasteiger partial charge in [-0.3, -0.25) is 4.79 Å². The number of aromatic nitrogens is 1. The van der Waals surface area contributed by atoms with Gasteiger partial charge in [-0.2, -0.15) is 5.10 Å². The molecule has 1 N–H and O–H groups in total. The molecule has 0 saturated carbocycles. The maximum absolute atomic E-state index is 12.9. The summed E-state index contributed by atoms with van der Waals surface area (Å²) in [5.41, 5.74) is 6.45. The number of hydrazone groups is 1. The number of fused-ring (bicyclic) bond motifs is 1. The van der Waals surface area contributed by atoms with Crippen molar-refractivity contribution in [2.24, 2.45) is 5.10 Å². The second-order valence-electron chi connectivity index (χ2n) is 6.54. The summed E-state index contributed by atoms with van der Waals surface area (Å²) in [5, 5.41) is 4.86. The molecule has 5 nitrogen and oxygen atoms in total. The van der Waals surface area contributed by atoms with Crippen LogP contribution in [0.25, 0.3) is 28.2 Å². The lowest BCUT2D eigenvalue weighted by molar-refractivity contribution is 0.0956. The van der Waals surface area contributed by atoms with E-state index in [-0.39, 0.29) is 5.91 Å². The molecule has 0 aliphatic heterocycles. The number of benzene rings is 2. The summed E-state index contributed by atoms with van der Waals surface area (Å²) in [6.07, 6.45) is 5.03. The topological polar surface area (TPSA) is 67.5 Å². The van der Waals surface area contributed by atoms with Crippen molar-refractivity contribution in [2.45, 2.75) is 6.92 Å². The van der Waals surface area contributed by atoms with Crippen LogP contribution < -0.4 is 5.43 Å². The highest BCUT2D eigenvalue weighted by Crippen LogP contribution is 2.24. The van der Waals surface area contributed by atoms with Gasteiger partial charge >= 0.3 is 0 Å². The van der Waals surface area contributed by atoms with E-state index in [4.69, 9.17) is 9.40 Å². The molecule has 2 aromatic carbocycles. The van der Waals surface area contributed by atoms with Gasteiger partial charge in [-0.1, -0.05) is 48.5 Å². The summed E-state index contributed by atoms with van der Waals surface area (Å²) in [7, 11) is 0. The molecule has 0 aliphatic rings. The van der Waals surface area contributed by atoms with E-state index >= 15 is 0 Å². The number of rotatable bonds is 5. The number of nitrogens with zero attached hydrogens (tertiary/aromatic N) is 2. The minimum absolute atomic E-state index is 0.289. The number of furan rings is 1. The first-order valence-corrected chi connectivity index (χ1v) is 9.21. The van der Waals surface area contributed by atoms with Crippen molar-refractivity contribution in [3.8, 4) is 11.3 Å². The summed E-state index contributed by atoms with van der Waals surface area (Å²) >= 11 is 0. The summed E-state index contributed by atoms with van der Waals surface area (Å²) in [5.74, 6) is 0.440. The zero-order chi connectivity index (χ0) is 20.1. The Morgan fingerprint density at radius 2 is 1.83 bits per heavy atom. The van der Waals surface area contributed by atoms with Crippen LogP contribution in [0.15, 0.2) is 94.2 Å². The minimum Gasteiger partial charge on any atom is -0.465 e. The number of para-hydroxylation sites is 1. The third kappa shape index (κ3) is 4.30. The first-order chi connectivity index (χ1) is 14.2. The maximum atomic E-state index is 12.9. The lowest BCUT2D eigenvalue weighted by Crippen LogP contribution is -2.18. The number of carbonyl (C=O) groups excluding carboxylic acids is 1. The summed E-state index contributed by atoms with van der Waals surface area (Å²) in [6, 6.07) is 22.8. The monoisotopic (exact) mass is 381 g/mol. The van der Waals surface area contributed by atoms with E-state index in [1.54, 1.807) is 18.5 Å². The molecule has 2 aromatic heterocycles. The van der Waals surface area contributed by atoms with E-state index in [1.807, 2.05) is 79.7 Å². The van der Waals surface area contributed by atoms with Crippen molar-refractivity contribution in [3.05, 3.63) is 96.0 Å². The van der Waals surface area contributed by atoms with Gasteiger partial charge in [0.1, 0.15) is 5.76 Å². The van der Waals surface area contributed by atoms with Crippen molar-refractivity contribution >= 4 is 29.1 Å². The third-order valence-corrected chi connectivity index (χ3v) is 4.38. The van der Waals surface area contributed by atoms with Crippen molar-refractivity contribution < 1.29 is 9.21 Å². The molecule has 4 rings (SSSR count). The highest BCUT2D eigenvalue weighted by Gasteiger charge is 2.13. The summed E-state index contributed by atoms with van der Waals surface area (Å²) in [6.45, 7) is 1.88. The van der Waals surface area contributed by atoms with Crippen LogP contribution in [0.5, 0.6) is 0 Å². The molecular formula is C24H19N3O2. The van der Waals surface area contributed by atoms with Gasteiger partial charge in [-0.05, 0) is 42.8 Å². The fourth-order valence-corrected chi connectivity index (χ4v) is 3.01. The van der Waals surface area contributed by atoms with Crippen LogP contribution in [0.4, 0.5) is 0 Å². The Labute approximate surface area is 168 Å². The number of pyridine rings is 1. The highest BCUT2D eigenvalue weighted by molar-refractivity contribution is 6.07. The molecule has 0 radical (unpaired) electrons. The maximum Gasteiger partial charge on any atom is 0.272 e. The number of hydrogen-bond acceptors (Lipinski definition) is 4. The molecule has 0 bridgehead atoms. The standard InChI is InChI=1S/C24H19N3O2/c1-17(14-19-10-7-13-29-19)16-25-27-24(28)21-15-23(18-8-3-2-4-9-18)26-22-12-6-5-11-20(21)22/h2-16H,1H3,(H,27,28)/b17-14?,25-16-. The summed E-state index contributed by atoms with van der Waals surface area (Å²) < 4.78 is 5.27. The van der Waals surface area contributed by atoms with E-state index in [1.165, 1.54) is 0 Å². The molecule has 0 fully saturated rings. The number of allylic oxidation sites excluding steroid dienone is 1. The molecule has 5 heteroatoms. The first-order valence-electron chi connectivity index (χ1n) is 9.21. The SMILES string of the molecule is CC(=Cc1ccco1)/C=N\NC(=O)c1cc(-c2ccccc2)nc2ccccc12. The smallest absolute Gasteiger partial charge is 0.272 e. The van der Waals surface area contributed by atoms with Crippen molar-refractivity contribution in [1.29, 1.82) is 0 Å². The van der Waals surface area contributed by atoms with Gasteiger partial charge in [0, 0.05) is 10.9 Å². The lowest BCUT2D eigenvalue weighted by atomic mass is 10.0. The second-order valence-corrected chi connectivity index (χ2v) is 6.54. The van der Waals surface area contributed by atoms with Gasteiger partial charge in [-0.15, -0.1) is 0 Å². The molecule has 0 saturated heterocycles. The first kappa shape index (κ1) is 18.4. The van der Waals surface area contributed by atoms with Crippen LogP contribution in [0.2, 0.25) is 0 Å². The van der Waals surface area contributed by atoms with Crippen molar-refractivity contribution in [2.75, 3.05) is 0 Å². The Morgan fingerprint density at radius 3 is 2.62 bits per heavy atom. The van der Waals surface area contributed by atoms with Gasteiger partial charge in [0.15, 0.2) is 0 Å². The van der Waals surface area contributed by atoms with E-state index in [0.717, 1.165) is 33.5 Å². The number of carbonyl (C=O) groups is 1. The van der Waals surface area contributed by atoms with E-state index in [0.29, 0.717) is 5.56 Å². The number of hydrogen-bond donors (Lipinski definition) is 1. The predicted octanol–water partition coefficient (Wildman–Crippen LogP) is 5.31. The Bertz CT molecular complexity index is 1190. The van der Waals surface area contributed by atoms with Crippen molar-refractivity contribution in [3.63, 3.8) is 0 Å². The van der Waals surface area contributed by atoms with Crippen LogP contribution in [0.1, 0.15) is 23.0 Å². The highest BCUT2D eigenvalue weighted by atomic mass is 16.3. The van der Waals surface area contributed by atoms with E-state index in [9.17, 15) is 4.79 Å². The average molecular weight is 381 g/mol. The van der Waals surface area contributed by atoms with Gasteiger partial charge in [0.25, 0.3) is 5.91 Å². The minimum atomic E-state index is -0.289. The summed E-state index contributed by atoms with van der Waals surface area (Å²) in [4.78, 5) is 17.6. The van der Waals surface area contributed by atoms with Crippen LogP contribution in [-0.2, 0) is 0 Å². The molecule has 0 spiro atoms. The molecule has 0 aliphatic carbocycles. The largest absolute Gasteiger partial charge is 0.465 e. The fraction of sp³-hybridized carbons (Fsp3) is 0.0417. The molecule has 29 heavy (non-hydrogen) atoms. The van der Waals surface area contributed by atoms with Gasteiger partial charge in [-0.25, -0.2) is 10.4 Å². The second kappa shape index (κ2) is 8.35. The molecule has 142 valence electrons. The van der Waals surface area contributed by atoms with Crippen LogP contribution in [-0.4, -0.2) is 17.1 Å².